The molecular formula is C12H14N2O5S. The van der Waals surface area contributed by atoms with Crippen LogP contribution in [-0.2, 0) is 9.84 Å². The molecule has 108 valence electrons. The maximum absolute atomic E-state index is 12.3. The van der Waals surface area contributed by atoms with E-state index in [1.54, 1.807) is 6.92 Å². The maximum atomic E-state index is 12.3. The van der Waals surface area contributed by atoms with E-state index in [1.807, 2.05) is 0 Å². The molecule has 0 bridgehead atoms. The Kier molecular flexibility index (Phi) is 3.76. The summed E-state index contributed by atoms with van der Waals surface area (Å²) in [7, 11) is -3.10. The van der Waals surface area contributed by atoms with Gasteiger partial charge in [0, 0.05) is 24.3 Å². The highest BCUT2D eigenvalue weighted by Gasteiger charge is 2.31. The molecule has 1 aliphatic heterocycles. The molecule has 20 heavy (non-hydrogen) atoms. The first kappa shape index (κ1) is 14.4. The second-order valence-corrected chi connectivity index (χ2v) is 6.93. The number of carbonyl (C=O) groups excluding carboxylic acids is 1. The van der Waals surface area contributed by atoms with Crippen molar-refractivity contribution in [2.24, 2.45) is 0 Å². The molecule has 8 heteroatoms. The van der Waals surface area contributed by atoms with Gasteiger partial charge in [0.15, 0.2) is 9.84 Å². The number of hydrogen-bond acceptors (Lipinski definition) is 5. The third-order valence-corrected chi connectivity index (χ3v) is 4.95. The molecule has 1 fully saturated rings. The van der Waals surface area contributed by atoms with E-state index in [0.717, 1.165) is 0 Å². The van der Waals surface area contributed by atoms with Crippen LogP contribution in [0.2, 0.25) is 0 Å². The zero-order valence-corrected chi connectivity index (χ0v) is 11.6. The van der Waals surface area contributed by atoms with Crippen LogP contribution < -0.4 is 0 Å². The minimum atomic E-state index is -3.10. The van der Waals surface area contributed by atoms with E-state index in [0.29, 0.717) is 0 Å². The highest BCUT2D eigenvalue weighted by Crippen LogP contribution is 2.15. The monoisotopic (exact) mass is 298 g/mol. The number of pyridine rings is 1. The SMILES string of the molecule is CC1CS(=O)(=O)CCN1C(=O)c1ccnc(C(=O)O)c1. The molecule has 1 atom stereocenters. The fraction of sp³-hybridized carbons (Fsp3) is 0.417. The topological polar surface area (TPSA) is 105 Å². The van der Waals surface area contributed by atoms with Crippen LogP contribution in [0.4, 0.5) is 0 Å². The molecular weight excluding hydrogens is 284 g/mol. The Balaban J connectivity index is 2.24. The van der Waals surface area contributed by atoms with Gasteiger partial charge in [-0.05, 0) is 19.1 Å². The van der Waals surface area contributed by atoms with E-state index in [2.05, 4.69) is 4.98 Å². The van der Waals surface area contributed by atoms with Gasteiger partial charge < -0.3 is 10.0 Å². The first-order valence-electron chi connectivity index (χ1n) is 6.01. The fourth-order valence-electron chi connectivity index (χ4n) is 2.15. The minimum absolute atomic E-state index is 0.0695. The Labute approximate surface area is 116 Å². The normalized spacial score (nSPS) is 21.4. The molecule has 0 spiro atoms. The summed E-state index contributed by atoms with van der Waals surface area (Å²) in [6.45, 7) is 1.78. The Hall–Kier alpha value is -1.96. The molecule has 2 heterocycles. The highest BCUT2D eigenvalue weighted by molar-refractivity contribution is 7.91. The Morgan fingerprint density at radius 3 is 2.75 bits per heavy atom. The molecule has 1 aliphatic rings. The predicted molar refractivity (Wildman–Crippen MR) is 70.3 cm³/mol. The van der Waals surface area contributed by atoms with Gasteiger partial charge in [-0.3, -0.25) is 4.79 Å². The quantitative estimate of drug-likeness (QED) is 0.826. The summed E-state index contributed by atoms with van der Waals surface area (Å²) in [6, 6.07) is 2.19. The summed E-state index contributed by atoms with van der Waals surface area (Å²) in [5, 5.41) is 8.86. The smallest absolute Gasteiger partial charge is 0.354 e. The van der Waals surface area contributed by atoms with Gasteiger partial charge in [-0.25, -0.2) is 18.2 Å². The molecule has 7 nitrogen and oxygen atoms in total. The predicted octanol–water partition coefficient (Wildman–Crippen LogP) is 0.0389. The summed E-state index contributed by atoms with van der Waals surface area (Å²) in [6.07, 6.45) is 1.25. The van der Waals surface area contributed by atoms with Gasteiger partial charge in [0.1, 0.15) is 5.69 Å². The number of aromatic nitrogens is 1. The van der Waals surface area contributed by atoms with Gasteiger partial charge in [0.05, 0.1) is 11.5 Å². The second-order valence-electron chi connectivity index (χ2n) is 4.70. The number of carboxylic acid groups (broad SMARTS) is 1. The Morgan fingerprint density at radius 2 is 2.15 bits per heavy atom. The standard InChI is InChI=1S/C12H14N2O5S/c1-8-7-20(18,19)5-4-14(8)11(15)9-2-3-13-10(6-9)12(16)17/h2-3,6,8H,4-5,7H2,1H3,(H,16,17). The van der Waals surface area contributed by atoms with E-state index in [-0.39, 0.29) is 35.2 Å². The lowest BCUT2D eigenvalue weighted by Gasteiger charge is -2.33. The van der Waals surface area contributed by atoms with Crippen LogP contribution in [0.3, 0.4) is 0 Å². The maximum Gasteiger partial charge on any atom is 0.354 e. The van der Waals surface area contributed by atoms with Crippen molar-refractivity contribution in [3.63, 3.8) is 0 Å². The average Bonchev–Trinajstić information content (AvgIpc) is 2.37. The summed E-state index contributed by atoms with van der Waals surface area (Å²) in [4.78, 5) is 28.2. The number of amides is 1. The minimum Gasteiger partial charge on any atom is -0.477 e. The van der Waals surface area contributed by atoms with Crippen molar-refractivity contribution >= 4 is 21.7 Å². The first-order chi connectivity index (χ1) is 9.30. The lowest BCUT2D eigenvalue weighted by Crippen LogP contribution is -2.49. The number of sulfone groups is 1. The van der Waals surface area contributed by atoms with Gasteiger partial charge >= 0.3 is 5.97 Å². The van der Waals surface area contributed by atoms with Gasteiger partial charge in [-0.2, -0.15) is 0 Å². The molecule has 1 aromatic rings. The largest absolute Gasteiger partial charge is 0.477 e. The Morgan fingerprint density at radius 1 is 1.45 bits per heavy atom. The summed E-state index contributed by atoms with van der Waals surface area (Å²) in [5.74, 6) is -1.73. The van der Waals surface area contributed by atoms with Crippen molar-refractivity contribution in [2.75, 3.05) is 18.1 Å². The summed E-state index contributed by atoms with van der Waals surface area (Å²) < 4.78 is 23.0. The Bertz CT molecular complexity index is 656. The van der Waals surface area contributed by atoms with E-state index in [9.17, 15) is 18.0 Å². The van der Waals surface area contributed by atoms with Gasteiger partial charge in [-0.15, -0.1) is 0 Å². The number of nitrogens with zero attached hydrogens (tertiary/aromatic N) is 2. The third kappa shape index (κ3) is 2.96. The molecule has 0 aromatic carbocycles. The average molecular weight is 298 g/mol. The zero-order valence-electron chi connectivity index (χ0n) is 10.8. The van der Waals surface area contributed by atoms with Gasteiger partial charge in [-0.1, -0.05) is 0 Å². The third-order valence-electron chi connectivity index (χ3n) is 3.16. The van der Waals surface area contributed by atoms with E-state index >= 15 is 0 Å². The van der Waals surface area contributed by atoms with Crippen LogP contribution in [0, 0.1) is 0 Å². The first-order valence-corrected chi connectivity index (χ1v) is 7.83. The van der Waals surface area contributed by atoms with Crippen LogP contribution in [0.1, 0.15) is 27.8 Å². The molecule has 2 rings (SSSR count). The van der Waals surface area contributed by atoms with Crippen LogP contribution in [-0.4, -0.2) is 59.4 Å². The van der Waals surface area contributed by atoms with Crippen molar-refractivity contribution in [2.45, 2.75) is 13.0 Å². The van der Waals surface area contributed by atoms with Crippen molar-refractivity contribution in [1.82, 2.24) is 9.88 Å². The molecule has 1 N–H and O–H groups in total. The van der Waals surface area contributed by atoms with Crippen LogP contribution >= 0.6 is 0 Å². The molecule has 0 radical (unpaired) electrons. The number of hydrogen-bond donors (Lipinski definition) is 1. The molecule has 0 saturated carbocycles. The van der Waals surface area contributed by atoms with Crippen LogP contribution in [0.15, 0.2) is 18.3 Å². The van der Waals surface area contributed by atoms with Crippen LogP contribution in [0.5, 0.6) is 0 Å². The number of rotatable bonds is 2. The van der Waals surface area contributed by atoms with Gasteiger partial charge in [0.25, 0.3) is 5.91 Å². The molecule has 1 unspecified atom stereocenters. The molecule has 1 amide bonds. The summed E-state index contributed by atoms with van der Waals surface area (Å²) >= 11 is 0. The lowest BCUT2D eigenvalue weighted by atomic mass is 10.1. The van der Waals surface area contributed by atoms with Crippen molar-refractivity contribution in [3.05, 3.63) is 29.6 Å². The van der Waals surface area contributed by atoms with Crippen LogP contribution in [0.25, 0.3) is 0 Å². The zero-order chi connectivity index (χ0) is 14.9. The molecule has 1 saturated heterocycles. The number of carboxylic acids is 1. The fourth-order valence-corrected chi connectivity index (χ4v) is 3.70. The van der Waals surface area contributed by atoms with Crippen molar-refractivity contribution < 1.29 is 23.1 Å². The highest BCUT2D eigenvalue weighted by atomic mass is 32.2. The number of aromatic carboxylic acids is 1. The lowest BCUT2D eigenvalue weighted by molar-refractivity contribution is 0.0690. The van der Waals surface area contributed by atoms with Gasteiger partial charge in [0.2, 0.25) is 0 Å². The van der Waals surface area contributed by atoms with E-state index in [1.165, 1.54) is 23.2 Å². The van der Waals surface area contributed by atoms with E-state index < -0.39 is 21.8 Å². The number of carbonyl (C=O) groups is 2. The van der Waals surface area contributed by atoms with E-state index in [4.69, 9.17) is 5.11 Å². The van der Waals surface area contributed by atoms with Crippen molar-refractivity contribution in [3.8, 4) is 0 Å². The van der Waals surface area contributed by atoms with Crippen molar-refractivity contribution in [1.29, 1.82) is 0 Å². The second kappa shape index (κ2) is 5.20. The molecule has 0 aliphatic carbocycles. The molecule has 1 aromatic heterocycles. The summed E-state index contributed by atoms with van der Waals surface area (Å²) in [5.41, 5.74) is -0.0170.